The van der Waals surface area contributed by atoms with Gasteiger partial charge in [0.05, 0.1) is 0 Å². The van der Waals surface area contributed by atoms with Crippen LogP contribution in [0, 0.1) is 0 Å². The van der Waals surface area contributed by atoms with Crippen molar-refractivity contribution in [2.45, 2.75) is 33.7 Å². The Labute approximate surface area is 117 Å². The molecule has 0 fully saturated rings. The molecule has 0 aromatic carbocycles. The molecule has 4 nitrogen and oxygen atoms in total. The molecule has 0 aliphatic heterocycles. The van der Waals surface area contributed by atoms with Crippen molar-refractivity contribution in [3.8, 4) is 5.88 Å². The first-order chi connectivity index (χ1) is 9.21. The largest absolute Gasteiger partial charge is 0.476 e. The third kappa shape index (κ3) is 5.57. The van der Waals surface area contributed by atoms with Crippen LogP contribution in [0.15, 0.2) is 18.3 Å². The fraction of sp³-hybridized carbons (Fsp3) is 0.667. The monoisotopic (exact) mass is 265 g/mol. The Kier molecular flexibility index (Phi) is 7.45. The molecule has 19 heavy (non-hydrogen) atoms. The van der Waals surface area contributed by atoms with Gasteiger partial charge in [0.2, 0.25) is 5.88 Å². The van der Waals surface area contributed by atoms with Crippen LogP contribution in [-0.4, -0.2) is 42.7 Å². The normalized spacial score (nSPS) is 12.7. The predicted octanol–water partition coefficient (Wildman–Crippen LogP) is 2.47. The molecular weight excluding hydrogens is 238 g/mol. The van der Waals surface area contributed by atoms with Crippen molar-refractivity contribution in [1.29, 1.82) is 0 Å². The summed E-state index contributed by atoms with van der Waals surface area (Å²) in [5, 5.41) is 3.37. The van der Waals surface area contributed by atoms with Crippen LogP contribution in [0.5, 0.6) is 5.88 Å². The number of aromatic nitrogens is 1. The lowest BCUT2D eigenvalue weighted by molar-refractivity contribution is 0.218. The first kappa shape index (κ1) is 15.9. The summed E-state index contributed by atoms with van der Waals surface area (Å²) in [6.45, 7) is 13.3. The SMILES string of the molecule is CCNC(C)c1ccc(OCCN(CC)CC)nc1. The lowest BCUT2D eigenvalue weighted by atomic mass is 10.1. The van der Waals surface area contributed by atoms with Crippen molar-refractivity contribution in [2.75, 3.05) is 32.8 Å². The molecule has 0 aliphatic carbocycles. The number of nitrogens with zero attached hydrogens (tertiary/aromatic N) is 2. The number of likely N-dealkylation sites (N-methyl/N-ethyl adjacent to an activating group) is 1. The van der Waals surface area contributed by atoms with Crippen LogP contribution < -0.4 is 10.1 Å². The van der Waals surface area contributed by atoms with Crippen molar-refractivity contribution in [3.63, 3.8) is 0 Å². The second-order valence-electron chi connectivity index (χ2n) is 4.58. The molecule has 1 aromatic rings. The van der Waals surface area contributed by atoms with E-state index in [2.05, 4.69) is 49.0 Å². The van der Waals surface area contributed by atoms with Gasteiger partial charge in [-0.15, -0.1) is 0 Å². The van der Waals surface area contributed by atoms with E-state index in [4.69, 9.17) is 4.74 Å². The molecule has 0 amide bonds. The quantitative estimate of drug-likeness (QED) is 0.744. The van der Waals surface area contributed by atoms with Crippen molar-refractivity contribution in [2.24, 2.45) is 0 Å². The molecule has 1 aromatic heterocycles. The molecule has 0 aliphatic rings. The van der Waals surface area contributed by atoms with Gasteiger partial charge < -0.3 is 15.0 Å². The summed E-state index contributed by atoms with van der Waals surface area (Å²) < 4.78 is 5.66. The maximum Gasteiger partial charge on any atom is 0.213 e. The van der Waals surface area contributed by atoms with Crippen LogP contribution in [-0.2, 0) is 0 Å². The van der Waals surface area contributed by atoms with Crippen molar-refractivity contribution in [1.82, 2.24) is 15.2 Å². The van der Waals surface area contributed by atoms with E-state index in [1.54, 1.807) is 0 Å². The number of rotatable bonds is 9. The second-order valence-corrected chi connectivity index (χ2v) is 4.58. The predicted molar refractivity (Wildman–Crippen MR) is 79.6 cm³/mol. The third-order valence-corrected chi connectivity index (χ3v) is 3.32. The Morgan fingerprint density at radius 2 is 2.00 bits per heavy atom. The zero-order valence-electron chi connectivity index (χ0n) is 12.6. The summed E-state index contributed by atoms with van der Waals surface area (Å²) in [6, 6.07) is 4.36. The summed E-state index contributed by atoms with van der Waals surface area (Å²) in [5.41, 5.74) is 1.19. The smallest absolute Gasteiger partial charge is 0.213 e. The third-order valence-electron chi connectivity index (χ3n) is 3.32. The standard InChI is InChI=1S/C15H27N3O/c1-5-16-13(4)14-8-9-15(17-12-14)19-11-10-18(6-2)7-3/h8-9,12-13,16H,5-7,10-11H2,1-4H3. The van der Waals surface area contributed by atoms with Crippen LogP contribution in [0.3, 0.4) is 0 Å². The molecule has 1 atom stereocenters. The highest BCUT2D eigenvalue weighted by atomic mass is 16.5. The zero-order chi connectivity index (χ0) is 14.1. The Morgan fingerprint density at radius 3 is 2.53 bits per heavy atom. The minimum atomic E-state index is 0.335. The van der Waals surface area contributed by atoms with Gasteiger partial charge in [-0.3, -0.25) is 0 Å². The van der Waals surface area contributed by atoms with E-state index in [0.717, 1.165) is 26.2 Å². The Hall–Kier alpha value is -1.13. The summed E-state index contributed by atoms with van der Waals surface area (Å²) in [6.07, 6.45) is 1.89. The Balaban J connectivity index is 2.40. The fourth-order valence-electron chi connectivity index (χ4n) is 1.98. The molecular formula is C15H27N3O. The van der Waals surface area contributed by atoms with Gasteiger partial charge in [-0.2, -0.15) is 0 Å². The molecule has 1 rings (SSSR count). The molecule has 1 unspecified atom stereocenters. The Morgan fingerprint density at radius 1 is 1.26 bits per heavy atom. The topological polar surface area (TPSA) is 37.4 Å². The van der Waals surface area contributed by atoms with Crippen molar-refractivity contribution < 1.29 is 4.74 Å². The van der Waals surface area contributed by atoms with E-state index in [9.17, 15) is 0 Å². The van der Waals surface area contributed by atoms with Crippen LogP contribution in [0.25, 0.3) is 0 Å². The Bertz CT molecular complexity index is 336. The molecule has 1 N–H and O–H groups in total. The number of ether oxygens (including phenoxy) is 1. The lowest BCUT2D eigenvalue weighted by Gasteiger charge is -2.18. The van der Waals surface area contributed by atoms with Gasteiger partial charge in [-0.1, -0.05) is 26.8 Å². The fourth-order valence-corrected chi connectivity index (χ4v) is 1.98. The van der Waals surface area contributed by atoms with Gasteiger partial charge in [0.1, 0.15) is 6.61 Å². The van der Waals surface area contributed by atoms with Crippen molar-refractivity contribution in [3.05, 3.63) is 23.9 Å². The first-order valence-corrected chi connectivity index (χ1v) is 7.25. The molecule has 4 heteroatoms. The molecule has 108 valence electrons. The van der Waals surface area contributed by atoms with E-state index in [1.807, 2.05) is 12.3 Å². The van der Waals surface area contributed by atoms with E-state index in [1.165, 1.54) is 5.56 Å². The average Bonchev–Trinajstić information content (AvgIpc) is 2.44. The number of hydrogen-bond donors (Lipinski definition) is 1. The van der Waals surface area contributed by atoms with E-state index < -0.39 is 0 Å². The van der Waals surface area contributed by atoms with Crippen LogP contribution >= 0.6 is 0 Å². The number of nitrogens with one attached hydrogen (secondary N) is 1. The maximum absolute atomic E-state index is 5.66. The van der Waals surface area contributed by atoms with Gasteiger partial charge in [0.15, 0.2) is 0 Å². The summed E-state index contributed by atoms with van der Waals surface area (Å²) >= 11 is 0. The molecule has 0 bridgehead atoms. The van der Waals surface area contributed by atoms with Gasteiger partial charge in [0, 0.05) is 24.8 Å². The van der Waals surface area contributed by atoms with E-state index >= 15 is 0 Å². The molecule has 1 heterocycles. The number of pyridine rings is 1. The highest BCUT2D eigenvalue weighted by Gasteiger charge is 2.05. The van der Waals surface area contributed by atoms with Gasteiger partial charge in [0.25, 0.3) is 0 Å². The summed E-state index contributed by atoms with van der Waals surface area (Å²) in [4.78, 5) is 6.68. The minimum Gasteiger partial charge on any atom is -0.476 e. The van der Waals surface area contributed by atoms with Crippen LogP contribution in [0.2, 0.25) is 0 Å². The molecule has 0 saturated carbocycles. The highest BCUT2D eigenvalue weighted by Crippen LogP contribution is 2.14. The second kappa shape index (κ2) is 8.88. The maximum atomic E-state index is 5.66. The lowest BCUT2D eigenvalue weighted by Crippen LogP contribution is -2.28. The first-order valence-electron chi connectivity index (χ1n) is 7.25. The summed E-state index contributed by atoms with van der Waals surface area (Å²) in [5.74, 6) is 0.708. The van der Waals surface area contributed by atoms with Gasteiger partial charge >= 0.3 is 0 Å². The minimum absolute atomic E-state index is 0.335. The summed E-state index contributed by atoms with van der Waals surface area (Å²) in [7, 11) is 0. The average molecular weight is 265 g/mol. The van der Waals surface area contributed by atoms with Crippen LogP contribution in [0.4, 0.5) is 0 Å². The molecule has 0 spiro atoms. The highest BCUT2D eigenvalue weighted by molar-refractivity contribution is 5.20. The zero-order valence-corrected chi connectivity index (χ0v) is 12.6. The number of hydrogen-bond acceptors (Lipinski definition) is 4. The van der Waals surface area contributed by atoms with E-state index in [-0.39, 0.29) is 0 Å². The van der Waals surface area contributed by atoms with Crippen molar-refractivity contribution >= 4 is 0 Å². The molecule has 0 saturated heterocycles. The molecule has 0 radical (unpaired) electrons. The van der Waals surface area contributed by atoms with Crippen LogP contribution in [0.1, 0.15) is 39.3 Å². The van der Waals surface area contributed by atoms with E-state index in [0.29, 0.717) is 18.5 Å². The van der Waals surface area contributed by atoms with Gasteiger partial charge in [-0.25, -0.2) is 4.98 Å². The van der Waals surface area contributed by atoms with Gasteiger partial charge in [-0.05, 0) is 32.1 Å².